The van der Waals surface area contributed by atoms with E-state index < -0.39 is 5.82 Å². The molecule has 0 radical (unpaired) electrons. The van der Waals surface area contributed by atoms with E-state index >= 15 is 0 Å². The SMILES string of the molecule is O=C(NCCc1ccccc1F)c1c[nH]c2ccc(F)cc12. The third-order valence-corrected chi connectivity index (χ3v) is 3.53. The van der Waals surface area contributed by atoms with E-state index in [2.05, 4.69) is 10.3 Å². The molecule has 0 fully saturated rings. The van der Waals surface area contributed by atoms with Gasteiger partial charge >= 0.3 is 0 Å². The highest BCUT2D eigenvalue weighted by Gasteiger charge is 2.12. The molecule has 0 aliphatic heterocycles. The standard InChI is InChI=1S/C17H14F2N2O/c18-12-5-6-16-13(9-12)14(10-21-16)17(22)20-8-7-11-3-1-2-4-15(11)19/h1-6,9-10,21H,7-8H2,(H,20,22). The zero-order chi connectivity index (χ0) is 15.5. The van der Waals surface area contributed by atoms with Gasteiger partial charge in [-0.2, -0.15) is 0 Å². The molecule has 0 unspecified atom stereocenters. The van der Waals surface area contributed by atoms with Crippen molar-refractivity contribution in [2.45, 2.75) is 6.42 Å². The Hall–Kier alpha value is -2.69. The molecule has 2 N–H and O–H groups in total. The molecule has 1 aromatic heterocycles. The Morgan fingerprint density at radius 1 is 1.14 bits per heavy atom. The molecule has 5 heteroatoms. The Kier molecular flexibility index (Phi) is 3.87. The van der Waals surface area contributed by atoms with Crippen molar-refractivity contribution < 1.29 is 13.6 Å². The summed E-state index contributed by atoms with van der Waals surface area (Å²) in [7, 11) is 0. The van der Waals surface area contributed by atoms with Gasteiger partial charge in [0.25, 0.3) is 5.91 Å². The summed E-state index contributed by atoms with van der Waals surface area (Å²) in [6, 6.07) is 10.7. The van der Waals surface area contributed by atoms with Crippen molar-refractivity contribution in [1.29, 1.82) is 0 Å². The van der Waals surface area contributed by atoms with Crippen LogP contribution in [0, 0.1) is 11.6 Å². The third-order valence-electron chi connectivity index (χ3n) is 3.53. The van der Waals surface area contributed by atoms with Crippen molar-refractivity contribution >= 4 is 16.8 Å². The molecule has 0 saturated heterocycles. The number of hydrogen-bond acceptors (Lipinski definition) is 1. The maximum Gasteiger partial charge on any atom is 0.253 e. The lowest BCUT2D eigenvalue weighted by Crippen LogP contribution is -2.25. The summed E-state index contributed by atoms with van der Waals surface area (Å²) >= 11 is 0. The maximum absolute atomic E-state index is 13.5. The van der Waals surface area contributed by atoms with Gasteiger partial charge in [-0.05, 0) is 36.2 Å². The van der Waals surface area contributed by atoms with Crippen molar-refractivity contribution in [3.05, 3.63) is 71.4 Å². The molecule has 3 nitrogen and oxygen atoms in total. The molecule has 0 bridgehead atoms. The minimum absolute atomic E-state index is 0.286. The Bertz CT molecular complexity index is 826. The zero-order valence-electron chi connectivity index (χ0n) is 11.7. The maximum atomic E-state index is 13.5. The highest BCUT2D eigenvalue weighted by molar-refractivity contribution is 6.06. The molecule has 2 aromatic carbocycles. The van der Waals surface area contributed by atoms with Crippen LogP contribution in [-0.2, 0) is 6.42 Å². The lowest BCUT2D eigenvalue weighted by Gasteiger charge is -2.05. The number of fused-ring (bicyclic) bond motifs is 1. The van der Waals surface area contributed by atoms with Crippen molar-refractivity contribution in [3.8, 4) is 0 Å². The second kappa shape index (κ2) is 5.97. The number of aromatic nitrogens is 1. The zero-order valence-corrected chi connectivity index (χ0v) is 11.7. The molecule has 0 spiro atoms. The molecule has 1 amide bonds. The summed E-state index contributed by atoms with van der Waals surface area (Å²) in [6.07, 6.45) is 1.94. The van der Waals surface area contributed by atoms with Crippen molar-refractivity contribution in [3.63, 3.8) is 0 Å². The summed E-state index contributed by atoms with van der Waals surface area (Å²) in [5.41, 5.74) is 1.62. The Balaban J connectivity index is 1.69. The monoisotopic (exact) mass is 300 g/mol. The van der Waals surface area contributed by atoms with E-state index in [0.29, 0.717) is 35.0 Å². The predicted molar refractivity (Wildman–Crippen MR) is 80.7 cm³/mol. The average molecular weight is 300 g/mol. The van der Waals surface area contributed by atoms with E-state index in [-0.39, 0.29) is 11.7 Å². The van der Waals surface area contributed by atoms with Gasteiger partial charge in [-0.1, -0.05) is 18.2 Å². The van der Waals surface area contributed by atoms with Gasteiger partial charge in [0, 0.05) is 23.6 Å². The van der Waals surface area contributed by atoms with Crippen LogP contribution in [0.15, 0.2) is 48.7 Å². The average Bonchev–Trinajstić information content (AvgIpc) is 2.92. The van der Waals surface area contributed by atoms with E-state index in [1.54, 1.807) is 30.5 Å². The Morgan fingerprint density at radius 3 is 2.77 bits per heavy atom. The predicted octanol–water partition coefficient (Wildman–Crippen LogP) is 3.42. The Morgan fingerprint density at radius 2 is 1.95 bits per heavy atom. The lowest BCUT2D eigenvalue weighted by molar-refractivity contribution is 0.0955. The second-order valence-electron chi connectivity index (χ2n) is 4.99. The number of aromatic amines is 1. The first-order chi connectivity index (χ1) is 10.6. The van der Waals surface area contributed by atoms with Crippen molar-refractivity contribution in [2.24, 2.45) is 0 Å². The largest absolute Gasteiger partial charge is 0.360 e. The van der Waals surface area contributed by atoms with Crippen LogP contribution in [0.4, 0.5) is 8.78 Å². The van der Waals surface area contributed by atoms with E-state index in [0.717, 1.165) is 0 Å². The fourth-order valence-corrected chi connectivity index (χ4v) is 2.39. The molecule has 3 rings (SSSR count). The molecule has 112 valence electrons. The van der Waals surface area contributed by atoms with Crippen molar-refractivity contribution in [2.75, 3.05) is 6.54 Å². The number of halogens is 2. The summed E-state index contributed by atoms with van der Waals surface area (Å²) < 4.78 is 26.8. The number of amides is 1. The van der Waals surface area contributed by atoms with Crippen molar-refractivity contribution in [1.82, 2.24) is 10.3 Å². The fraction of sp³-hybridized carbons (Fsp3) is 0.118. The van der Waals surface area contributed by atoms with Gasteiger partial charge in [-0.15, -0.1) is 0 Å². The van der Waals surface area contributed by atoms with Gasteiger partial charge in [0.1, 0.15) is 11.6 Å². The summed E-state index contributed by atoms with van der Waals surface area (Å²) in [4.78, 5) is 15.1. The number of hydrogen-bond donors (Lipinski definition) is 2. The van der Waals surface area contributed by atoms with Crippen LogP contribution in [0.1, 0.15) is 15.9 Å². The van der Waals surface area contributed by atoms with Crippen LogP contribution in [0.5, 0.6) is 0 Å². The van der Waals surface area contributed by atoms with Crippen LogP contribution in [-0.4, -0.2) is 17.4 Å². The number of benzene rings is 2. The van der Waals surface area contributed by atoms with E-state index in [4.69, 9.17) is 0 Å². The first-order valence-electron chi connectivity index (χ1n) is 6.93. The minimum atomic E-state index is -0.396. The van der Waals surface area contributed by atoms with Gasteiger partial charge in [0.2, 0.25) is 0 Å². The fourth-order valence-electron chi connectivity index (χ4n) is 2.39. The smallest absolute Gasteiger partial charge is 0.253 e. The minimum Gasteiger partial charge on any atom is -0.360 e. The Labute approximate surface area is 126 Å². The summed E-state index contributed by atoms with van der Waals surface area (Å²) in [5.74, 6) is -0.994. The van der Waals surface area contributed by atoms with E-state index in [1.165, 1.54) is 18.2 Å². The molecule has 3 aromatic rings. The summed E-state index contributed by atoms with van der Waals surface area (Å²) in [5, 5.41) is 3.26. The molecular formula is C17H14F2N2O. The topological polar surface area (TPSA) is 44.9 Å². The number of carbonyl (C=O) groups excluding carboxylic acids is 1. The quantitative estimate of drug-likeness (QED) is 0.762. The number of carbonyl (C=O) groups is 1. The number of H-pyrrole nitrogens is 1. The van der Waals surface area contributed by atoms with Gasteiger partial charge in [0.15, 0.2) is 0 Å². The van der Waals surface area contributed by atoms with Gasteiger partial charge in [-0.3, -0.25) is 4.79 Å². The molecule has 1 heterocycles. The molecule has 0 saturated carbocycles. The van der Waals surface area contributed by atoms with E-state index in [9.17, 15) is 13.6 Å². The second-order valence-corrected chi connectivity index (χ2v) is 4.99. The third kappa shape index (κ3) is 2.83. The van der Waals surface area contributed by atoms with Crippen LogP contribution in [0.25, 0.3) is 10.9 Å². The first kappa shape index (κ1) is 14.3. The van der Waals surface area contributed by atoms with Crippen LogP contribution >= 0.6 is 0 Å². The molecule has 0 aliphatic carbocycles. The highest BCUT2D eigenvalue weighted by atomic mass is 19.1. The van der Waals surface area contributed by atoms with Crippen LogP contribution in [0.2, 0.25) is 0 Å². The molecule has 22 heavy (non-hydrogen) atoms. The molecule has 0 aliphatic rings. The molecule has 0 atom stereocenters. The van der Waals surface area contributed by atoms with Gasteiger partial charge < -0.3 is 10.3 Å². The highest BCUT2D eigenvalue weighted by Crippen LogP contribution is 2.19. The summed E-state index contributed by atoms with van der Waals surface area (Å²) in [6.45, 7) is 0.307. The number of nitrogens with one attached hydrogen (secondary N) is 2. The van der Waals surface area contributed by atoms with Crippen LogP contribution in [0.3, 0.4) is 0 Å². The normalized spacial score (nSPS) is 10.8. The lowest BCUT2D eigenvalue weighted by atomic mass is 10.1. The van der Waals surface area contributed by atoms with Crippen LogP contribution < -0.4 is 5.32 Å². The first-order valence-corrected chi connectivity index (χ1v) is 6.93. The van der Waals surface area contributed by atoms with E-state index in [1.807, 2.05) is 0 Å². The molecular weight excluding hydrogens is 286 g/mol. The van der Waals surface area contributed by atoms with Gasteiger partial charge in [-0.25, -0.2) is 8.78 Å². The van der Waals surface area contributed by atoms with Gasteiger partial charge in [0.05, 0.1) is 5.56 Å². The number of rotatable bonds is 4.